The van der Waals surface area contributed by atoms with E-state index in [1.807, 2.05) is 0 Å². The molecule has 0 nitrogen and oxygen atoms in total. The van der Waals surface area contributed by atoms with Gasteiger partial charge in [-0.05, 0) is 43.4 Å². The first kappa shape index (κ1) is 22.5. The predicted molar refractivity (Wildman–Crippen MR) is 108 cm³/mol. The average molecular weight is 321 g/mol. The largest absolute Gasteiger partial charge is 0.0993 e. The molecule has 0 N–H and O–H groups in total. The molecule has 0 aliphatic heterocycles. The Kier molecular flexibility index (Phi) is 12.6. The van der Waals surface area contributed by atoms with Crippen molar-refractivity contribution in [1.82, 2.24) is 0 Å². The molecule has 0 saturated heterocycles. The molecular weight excluding hydrogens is 276 g/mol. The summed E-state index contributed by atoms with van der Waals surface area (Å²) in [4.78, 5) is 0. The van der Waals surface area contributed by atoms with E-state index in [0.717, 1.165) is 18.3 Å². The van der Waals surface area contributed by atoms with Gasteiger partial charge in [-0.25, -0.2) is 0 Å². The van der Waals surface area contributed by atoms with E-state index in [1.165, 1.54) is 50.5 Å². The predicted octanol–water partition coefficient (Wildman–Crippen LogP) is 8.19. The maximum atomic E-state index is 4.35. The van der Waals surface area contributed by atoms with E-state index in [1.54, 1.807) is 5.57 Å². The molecule has 0 fully saturated rings. The van der Waals surface area contributed by atoms with Crippen LogP contribution in [0.3, 0.4) is 0 Å². The van der Waals surface area contributed by atoms with Gasteiger partial charge in [0.1, 0.15) is 0 Å². The van der Waals surface area contributed by atoms with Crippen molar-refractivity contribution in [1.29, 1.82) is 0 Å². The summed E-state index contributed by atoms with van der Waals surface area (Å²) in [5.41, 5.74) is 3.04. The van der Waals surface area contributed by atoms with Crippen LogP contribution in [-0.2, 0) is 0 Å². The fourth-order valence-electron chi connectivity index (χ4n) is 4.13. The summed E-state index contributed by atoms with van der Waals surface area (Å²) < 4.78 is 0. The van der Waals surface area contributed by atoms with Crippen LogP contribution in [0.15, 0.2) is 23.8 Å². The van der Waals surface area contributed by atoms with Gasteiger partial charge in [-0.15, -0.1) is 0 Å². The number of allylic oxidation sites excluding steroid dienone is 3. The third-order valence-corrected chi connectivity index (χ3v) is 5.83. The van der Waals surface area contributed by atoms with Crippen molar-refractivity contribution in [3.8, 4) is 0 Å². The van der Waals surface area contributed by atoms with Gasteiger partial charge in [0.15, 0.2) is 0 Å². The summed E-state index contributed by atoms with van der Waals surface area (Å²) in [6, 6.07) is 0. The minimum absolute atomic E-state index is 0.544. The van der Waals surface area contributed by atoms with Crippen molar-refractivity contribution in [3.63, 3.8) is 0 Å². The normalized spacial score (nSPS) is 17.6. The van der Waals surface area contributed by atoms with Crippen molar-refractivity contribution in [3.05, 3.63) is 23.8 Å². The van der Waals surface area contributed by atoms with Crippen molar-refractivity contribution in [2.24, 2.45) is 23.7 Å². The Hall–Kier alpha value is -0.520. The Labute approximate surface area is 147 Å². The molecule has 0 rings (SSSR count). The molecule has 0 aromatic rings. The number of rotatable bonds is 13. The maximum absolute atomic E-state index is 4.35. The highest BCUT2D eigenvalue weighted by molar-refractivity contribution is 5.20. The van der Waals surface area contributed by atoms with Gasteiger partial charge in [-0.3, -0.25) is 0 Å². The lowest BCUT2D eigenvalue weighted by molar-refractivity contribution is 0.324. The van der Waals surface area contributed by atoms with Gasteiger partial charge in [0.05, 0.1) is 0 Å². The molecule has 136 valence electrons. The molecule has 4 atom stereocenters. The molecule has 4 unspecified atom stereocenters. The van der Waals surface area contributed by atoms with Crippen molar-refractivity contribution < 1.29 is 0 Å². The van der Waals surface area contributed by atoms with Crippen LogP contribution in [0.1, 0.15) is 99.8 Å². The maximum Gasteiger partial charge on any atom is -0.00215 e. The van der Waals surface area contributed by atoms with E-state index in [0.29, 0.717) is 11.8 Å². The molecule has 0 spiro atoms. The fourth-order valence-corrected chi connectivity index (χ4v) is 4.13. The van der Waals surface area contributed by atoms with Gasteiger partial charge in [0.2, 0.25) is 0 Å². The lowest BCUT2D eigenvalue weighted by Crippen LogP contribution is -2.19. The van der Waals surface area contributed by atoms with E-state index in [2.05, 4.69) is 61.1 Å². The van der Waals surface area contributed by atoms with Crippen LogP contribution in [0.4, 0.5) is 0 Å². The molecule has 0 amide bonds. The Morgan fingerprint density at radius 1 is 0.957 bits per heavy atom. The lowest BCUT2D eigenvalue weighted by atomic mass is 9.75. The van der Waals surface area contributed by atoms with Crippen LogP contribution in [-0.4, -0.2) is 0 Å². The van der Waals surface area contributed by atoms with Crippen LogP contribution in [0, 0.1) is 23.7 Å². The van der Waals surface area contributed by atoms with Gasteiger partial charge in [0.25, 0.3) is 0 Å². The zero-order chi connectivity index (χ0) is 17.8. The van der Waals surface area contributed by atoms with Crippen molar-refractivity contribution in [2.75, 3.05) is 0 Å². The van der Waals surface area contributed by atoms with Crippen LogP contribution in [0.25, 0.3) is 0 Å². The van der Waals surface area contributed by atoms with E-state index < -0.39 is 0 Å². The quantitative estimate of drug-likeness (QED) is 0.300. The highest BCUT2D eigenvalue weighted by atomic mass is 14.3. The molecule has 0 aromatic heterocycles. The van der Waals surface area contributed by atoms with Crippen LogP contribution >= 0.6 is 0 Å². The molecule has 0 aromatic carbocycles. The summed E-state index contributed by atoms with van der Waals surface area (Å²) in [6.07, 6.45) is 12.9. The second-order valence-electron chi connectivity index (χ2n) is 7.70. The summed E-state index contributed by atoms with van der Waals surface area (Å²) in [5, 5.41) is 0. The first-order valence-corrected chi connectivity index (χ1v) is 10.3. The molecule has 0 aliphatic carbocycles. The van der Waals surface area contributed by atoms with Gasteiger partial charge in [-0.1, -0.05) is 104 Å². The minimum atomic E-state index is 0.544. The zero-order valence-corrected chi connectivity index (χ0v) is 17.3. The second-order valence-corrected chi connectivity index (χ2v) is 7.70. The second kappa shape index (κ2) is 12.8. The van der Waals surface area contributed by atoms with E-state index >= 15 is 0 Å². The Morgan fingerprint density at radius 2 is 1.61 bits per heavy atom. The fraction of sp³-hybridized carbons (Fsp3) is 0.826. The lowest BCUT2D eigenvalue weighted by Gasteiger charge is -2.30. The summed E-state index contributed by atoms with van der Waals surface area (Å²) in [7, 11) is 0. The van der Waals surface area contributed by atoms with Crippen molar-refractivity contribution in [2.45, 2.75) is 99.8 Å². The smallest absolute Gasteiger partial charge is 0.00215 e. The molecule has 0 bridgehead atoms. The highest BCUT2D eigenvalue weighted by Crippen LogP contribution is 2.35. The number of hydrogen-bond acceptors (Lipinski definition) is 0. The molecule has 0 heterocycles. The Morgan fingerprint density at radius 3 is 2.09 bits per heavy atom. The zero-order valence-electron chi connectivity index (χ0n) is 17.3. The van der Waals surface area contributed by atoms with E-state index in [9.17, 15) is 0 Å². The molecule has 0 radical (unpaired) electrons. The van der Waals surface area contributed by atoms with Crippen LogP contribution in [0.2, 0.25) is 0 Å². The molecule has 0 aliphatic rings. The summed E-state index contributed by atoms with van der Waals surface area (Å²) >= 11 is 0. The highest BCUT2D eigenvalue weighted by Gasteiger charge is 2.23. The molecule has 23 heavy (non-hydrogen) atoms. The van der Waals surface area contributed by atoms with Crippen molar-refractivity contribution >= 4 is 0 Å². The SMILES string of the molecule is C=C(CCC)C(C)C(=CC)C(C)C(CC)CCCC(C)CCC. The monoisotopic (exact) mass is 320 g/mol. The van der Waals surface area contributed by atoms with Crippen LogP contribution in [0.5, 0.6) is 0 Å². The van der Waals surface area contributed by atoms with Gasteiger partial charge >= 0.3 is 0 Å². The third kappa shape index (κ3) is 8.23. The summed E-state index contributed by atoms with van der Waals surface area (Å²) in [6.45, 7) is 20.7. The van der Waals surface area contributed by atoms with E-state index in [4.69, 9.17) is 0 Å². The summed E-state index contributed by atoms with van der Waals surface area (Å²) in [5.74, 6) is 2.96. The average Bonchev–Trinajstić information content (AvgIpc) is 2.52. The molecular formula is C23H44. The van der Waals surface area contributed by atoms with Gasteiger partial charge in [0, 0.05) is 0 Å². The number of hydrogen-bond donors (Lipinski definition) is 0. The minimum Gasteiger partial charge on any atom is -0.0993 e. The molecule has 0 saturated carbocycles. The molecule has 0 heteroatoms. The Bertz CT molecular complexity index is 336. The first-order chi connectivity index (χ1) is 10.9. The van der Waals surface area contributed by atoms with Crippen LogP contribution < -0.4 is 0 Å². The van der Waals surface area contributed by atoms with E-state index in [-0.39, 0.29) is 0 Å². The van der Waals surface area contributed by atoms with Gasteiger partial charge < -0.3 is 0 Å². The third-order valence-electron chi connectivity index (χ3n) is 5.83. The first-order valence-electron chi connectivity index (χ1n) is 10.3. The van der Waals surface area contributed by atoms with Gasteiger partial charge in [-0.2, -0.15) is 0 Å². The Balaban J connectivity index is 4.65. The standard InChI is InChI=1S/C23H44/c1-9-14-18(5)16-13-17-22(11-3)21(8)23(12-4)20(7)19(6)15-10-2/h12,18,20-22H,6,9-11,13-17H2,1-5,7-8H3. The topological polar surface area (TPSA) is 0 Å².